The molecule has 1 aliphatic heterocycles. The highest BCUT2D eigenvalue weighted by Gasteiger charge is 2.28. The van der Waals surface area contributed by atoms with Gasteiger partial charge in [0.05, 0.1) is 34.3 Å². The Morgan fingerprint density at radius 3 is 2.96 bits per heavy atom. The summed E-state index contributed by atoms with van der Waals surface area (Å²) in [5, 5.41) is 2.93. The maximum atomic E-state index is 12.0. The summed E-state index contributed by atoms with van der Waals surface area (Å²) < 4.78 is 22.8. The van der Waals surface area contributed by atoms with Crippen molar-refractivity contribution in [2.45, 2.75) is 24.6 Å². The molecular weight excluding hydrogens is 334 g/mol. The van der Waals surface area contributed by atoms with Gasteiger partial charge < -0.3 is 10.3 Å². The first-order valence-electron chi connectivity index (χ1n) is 7.49. The molecule has 0 aliphatic carbocycles. The van der Waals surface area contributed by atoms with Crippen molar-refractivity contribution in [1.29, 1.82) is 0 Å². The first-order valence-corrected chi connectivity index (χ1v) is 10.4. The lowest BCUT2D eigenvalue weighted by atomic mass is 10.3. The number of carbonyl (C=O) groups excluding carboxylic acids is 1. The Morgan fingerprint density at radius 2 is 2.26 bits per heavy atom. The molecule has 2 atom stereocenters. The normalized spacial score (nSPS) is 21.3. The average Bonchev–Trinajstić information content (AvgIpc) is 3.08. The van der Waals surface area contributed by atoms with E-state index in [0.717, 1.165) is 11.0 Å². The van der Waals surface area contributed by atoms with Crippen LogP contribution in [0.5, 0.6) is 0 Å². The molecule has 0 spiro atoms. The first kappa shape index (κ1) is 16.3. The highest BCUT2D eigenvalue weighted by atomic mass is 32.2. The van der Waals surface area contributed by atoms with E-state index in [2.05, 4.69) is 15.3 Å². The van der Waals surface area contributed by atoms with E-state index < -0.39 is 9.84 Å². The van der Waals surface area contributed by atoms with Crippen molar-refractivity contribution in [3.05, 3.63) is 30.1 Å². The number of aromatic nitrogens is 2. The summed E-state index contributed by atoms with van der Waals surface area (Å²) in [6.45, 7) is 1.88. The van der Waals surface area contributed by atoms with E-state index in [1.807, 2.05) is 31.2 Å². The number of hydrogen-bond acceptors (Lipinski definition) is 5. The van der Waals surface area contributed by atoms with E-state index in [0.29, 0.717) is 12.2 Å². The van der Waals surface area contributed by atoms with Gasteiger partial charge in [0.15, 0.2) is 9.84 Å². The molecule has 2 N–H and O–H groups in total. The van der Waals surface area contributed by atoms with Gasteiger partial charge in [-0.15, -0.1) is 11.8 Å². The van der Waals surface area contributed by atoms with Crippen molar-refractivity contribution in [1.82, 2.24) is 15.3 Å². The van der Waals surface area contributed by atoms with E-state index >= 15 is 0 Å². The van der Waals surface area contributed by atoms with Crippen LogP contribution < -0.4 is 5.32 Å². The van der Waals surface area contributed by atoms with Gasteiger partial charge in [0.2, 0.25) is 5.91 Å². The van der Waals surface area contributed by atoms with Crippen LogP contribution in [0.3, 0.4) is 0 Å². The molecule has 2 aromatic rings. The molecule has 0 saturated carbocycles. The summed E-state index contributed by atoms with van der Waals surface area (Å²) in [7, 11) is -2.89. The number of para-hydroxylation sites is 2. The van der Waals surface area contributed by atoms with Crippen LogP contribution in [0.1, 0.15) is 25.2 Å². The van der Waals surface area contributed by atoms with Crippen molar-refractivity contribution < 1.29 is 13.2 Å². The van der Waals surface area contributed by atoms with Gasteiger partial charge in [-0.05, 0) is 25.5 Å². The average molecular weight is 353 g/mol. The van der Waals surface area contributed by atoms with E-state index in [4.69, 9.17) is 0 Å². The van der Waals surface area contributed by atoms with Gasteiger partial charge >= 0.3 is 0 Å². The van der Waals surface area contributed by atoms with E-state index in [1.54, 1.807) is 0 Å². The fourth-order valence-corrected chi connectivity index (χ4v) is 6.07. The molecule has 8 heteroatoms. The number of benzene rings is 1. The number of H-pyrrole nitrogens is 1. The first-order chi connectivity index (χ1) is 10.9. The second-order valence-corrected chi connectivity index (χ2v) is 9.28. The smallest absolute Gasteiger partial charge is 0.230 e. The fourth-order valence-electron chi connectivity index (χ4n) is 2.61. The maximum absolute atomic E-state index is 12.0. The van der Waals surface area contributed by atoms with Crippen molar-refractivity contribution in [2.75, 3.05) is 17.3 Å². The molecule has 1 aromatic heterocycles. The summed E-state index contributed by atoms with van der Waals surface area (Å²) in [5.41, 5.74) is 1.81. The molecular formula is C15H19N3O3S2. The lowest BCUT2D eigenvalue weighted by Gasteiger charge is -2.12. The molecule has 0 bridgehead atoms. The standard InChI is InChI=1S/C15H19N3O3S2/c1-10(15-17-12-4-2-3-5-13(12)18-15)16-14(19)8-22-11-6-7-23(20,21)9-11/h2-5,10-11H,6-9H2,1H3,(H,16,19)(H,17,18)/t10-,11+/m0/s1. The Morgan fingerprint density at radius 1 is 1.48 bits per heavy atom. The lowest BCUT2D eigenvalue weighted by molar-refractivity contribution is -0.119. The number of hydrogen-bond donors (Lipinski definition) is 2. The Kier molecular flexibility index (Phi) is 4.63. The Labute approximate surface area is 139 Å². The number of amides is 1. The molecule has 0 unspecified atom stereocenters. The minimum absolute atomic E-state index is 0.0345. The third-order valence-corrected chi connectivity index (χ3v) is 7.12. The number of nitrogens with zero attached hydrogens (tertiary/aromatic N) is 1. The Bertz CT molecular complexity index is 783. The zero-order chi connectivity index (χ0) is 16.4. The van der Waals surface area contributed by atoms with E-state index in [9.17, 15) is 13.2 Å². The summed E-state index contributed by atoms with van der Waals surface area (Å²) in [5.74, 6) is 1.30. The monoisotopic (exact) mass is 353 g/mol. The molecule has 6 nitrogen and oxygen atoms in total. The number of aromatic amines is 1. The fraction of sp³-hybridized carbons (Fsp3) is 0.467. The van der Waals surface area contributed by atoms with Gasteiger partial charge in [0.1, 0.15) is 5.82 Å². The molecule has 1 aromatic carbocycles. The molecule has 23 heavy (non-hydrogen) atoms. The topological polar surface area (TPSA) is 91.9 Å². The summed E-state index contributed by atoms with van der Waals surface area (Å²) in [6.07, 6.45) is 0.638. The number of carbonyl (C=O) groups is 1. The van der Waals surface area contributed by atoms with Crippen LogP contribution in [-0.2, 0) is 14.6 Å². The van der Waals surface area contributed by atoms with E-state index in [-0.39, 0.29) is 34.5 Å². The zero-order valence-corrected chi connectivity index (χ0v) is 14.4. The summed E-state index contributed by atoms with van der Waals surface area (Å²) in [6, 6.07) is 7.49. The van der Waals surface area contributed by atoms with Crippen molar-refractivity contribution in [2.24, 2.45) is 0 Å². The number of sulfone groups is 1. The van der Waals surface area contributed by atoms with Gasteiger partial charge in [0.25, 0.3) is 0 Å². The number of nitrogens with one attached hydrogen (secondary N) is 2. The molecule has 3 rings (SSSR count). The van der Waals surface area contributed by atoms with Crippen molar-refractivity contribution in [3.8, 4) is 0 Å². The molecule has 1 amide bonds. The molecule has 0 radical (unpaired) electrons. The van der Waals surface area contributed by atoms with Gasteiger partial charge in [-0.2, -0.15) is 0 Å². The maximum Gasteiger partial charge on any atom is 0.230 e. The highest BCUT2D eigenvalue weighted by Crippen LogP contribution is 2.24. The van der Waals surface area contributed by atoms with Crippen LogP contribution in [0.4, 0.5) is 0 Å². The van der Waals surface area contributed by atoms with Crippen LogP contribution in [-0.4, -0.2) is 46.8 Å². The molecule has 1 saturated heterocycles. The largest absolute Gasteiger partial charge is 0.346 e. The van der Waals surface area contributed by atoms with Crippen LogP contribution in [0, 0.1) is 0 Å². The predicted octanol–water partition coefficient (Wildman–Crippen LogP) is 1.66. The van der Waals surface area contributed by atoms with Crippen molar-refractivity contribution >= 4 is 38.5 Å². The molecule has 1 aliphatic rings. The number of fused-ring (bicyclic) bond motifs is 1. The third kappa shape index (κ3) is 4.06. The quantitative estimate of drug-likeness (QED) is 0.853. The lowest BCUT2D eigenvalue weighted by Crippen LogP contribution is -2.29. The summed E-state index contributed by atoms with van der Waals surface area (Å²) >= 11 is 1.41. The molecule has 2 heterocycles. The third-order valence-electron chi connectivity index (χ3n) is 3.84. The Hall–Kier alpha value is -1.54. The SMILES string of the molecule is C[C@H](NC(=O)CS[C@@H]1CCS(=O)(=O)C1)c1nc2ccccc2[nH]1. The predicted molar refractivity (Wildman–Crippen MR) is 92.2 cm³/mol. The van der Waals surface area contributed by atoms with Gasteiger partial charge in [-0.1, -0.05) is 12.1 Å². The van der Waals surface area contributed by atoms with E-state index in [1.165, 1.54) is 11.8 Å². The Balaban J connectivity index is 1.53. The van der Waals surface area contributed by atoms with Gasteiger partial charge in [-0.3, -0.25) is 4.79 Å². The van der Waals surface area contributed by atoms with Crippen molar-refractivity contribution in [3.63, 3.8) is 0 Å². The van der Waals surface area contributed by atoms with Crippen LogP contribution in [0.2, 0.25) is 0 Å². The van der Waals surface area contributed by atoms with Gasteiger partial charge in [0, 0.05) is 5.25 Å². The van der Waals surface area contributed by atoms with Gasteiger partial charge in [-0.25, -0.2) is 13.4 Å². The minimum Gasteiger partial charge on any atom is -0.346 e. The molecule has 1 fully saturated rings. The highest BCUT2D eigenvalue weighted by molar-refractivity contribution is 8.02. The van der Waals surface area contributed by atoms with Crippen LogP contribution in [0.15, 0.2) is 24.3 Å². The second kappa shape index (κ2) is 6.52. The van der Waals surface area contributed by atoms with Crippen LogP contribution >= 0.6 is 11.8 Å². The summed E-state index contributed by atoms with van der Waals surface area (Å²) in [4.78, 5) is 19.7. The zero-order valence-electron chi connectivity index (χ0n) is 12.8. The molecule has 124 valence electrons. The second-order valence-electron chi connectivity index (χ2n) is 5.76. The number of imidazole rings is 1. The number of rotatable bonds is 5. The van der Waals surface area contributed by atoms with Crippen LogP contribution in [0.25, 0.3) is 11.0 Å². The number of thioether (sulfide) groups is 1. The minimum atomic E-state index is -2.89.